The van der Waals surface area contributed by atoms with Crippen molar-refractivity contribution >= 4 is 27.6 Å². The molecule has 110 valence electrons. The van der Waals surface area contributed by atoms with Crippen molar-refractivity contribution < 1.29 is 18.3 Å². The first-order chi connectivity index (χ1) is 9.75. The molecule has 1 N–H and O–H groups in total. The maximum Gasteiger partial charge on any atom is 0.335 e. The maximum absolute atomic E-state index is 11.4. The lowest BCUT2D eigenvalue weighted by molar-refractivity contribution is 0.0696. The number of sulfone groups is 1. The van der Waals surface area contributed by atoms with Gasteiger partial charge in [0.2, 0.25) is 0 Å². The predicted molar refractivity (Wildman–Crippen MR) is 79.6 cm³/mol. The summed E-state index contributed by atoms with van der Waals surface area (Å²) in [4.78, 5) is 16.3. The van der Waals surface area contributed by atoms with Gasteiger partial charge in [-0.05, 0) is 43.3 Å². The summed E-state index contributed by atoms with van der Waals surface area (Å²) in [6.07, 6.45) is 1.15. The van der Waals surface area contributed by atoms with Gasteiger partial charge in [-0.3, -0.25) is 0 Å². The highest BCUT2D eigenvalue weighted by Gasteiger charge is 2.09. The molecule has 0 aliphatic carbocycles. The Morgan fingerprint density at radius 2 is 1.81 bits per heavy atom. The van der Waals surface area contributed by atoms with Gasteiger partial charge in [0.1, 0.15) is 5.03 Å². The lowest BCUT2D eigenvalue weighted by Gasteiger charge is -2.05. The Kier molecular flexibility index (Phi) is 4.34. The molecule has 0 atom stereocenters. The molecule has 0 radical (unpaired) electrons. The Morgan fingerprint density at radius 1 is 1.19 bits per heavy atom. The van der Waals surface area contributed by atoms with Gasteiger partial charge in [0.25, 0.3) is 0 Å². The molecule has 0 bridgehead atoms. The molecule has 0 aliphatic heterocycles. The van der Waals surface area contributed by atoms with E-state index in [4.69, 9.17) is 5.11 Å². The second-order valence-electron chi connectivity index (χ2n) is 4.49. The van der Waals surface area contributed by atoms with E-state index in [9.17, 15) is 13.2 Å². The minimum Gasteiger partial charge on any atom is -0.478 e. The number of hydrogen-bond donors (Lipinski definition) is 1. The first-order valence-electron chi connectivity index (χ1n) is 5.95. The predicted octanol–water partition coefficient (Wildman–Crippen LogP) is 2.64. The van der Waals surface area contributed by atoms with Crippen LogP contribution < -0.4 is 0 Å². The smallest absolute Gasteiger partial charge is 0.335 e. The Bertz CT molecular complexity index is 783. The van der Waals surface area contributed by atoms with Crippen LogP contribution in [0.1, 0.15) is 16.1 Å². The summed E-state index contributed by atoms with van der Waals surface area (Å²) < 4.78 is 22.8. The SMILES string of the molecule is Cc1cc(C(=O)O)cc(Sc2ccc(S(C)(=O)=O)cc2)n1. The van der Waals surface area contributed by atoms with Crippen molar-refractivity contribution in [1.82, 2.24) is 4.98 Å². The van der Waals surface area contributed by atoms with Crippen LogP contribution in [-0.4, -0.2) is 30.7 Å². The third kappa shape index (κ3) is 4.05. The fourth-order valence-corrected chi connectivity index (χ4v) is 3.21. The zero-order valence-corrected chi connectivity index (χ0v) is 13.0. The molecule has 0 amide bonds. The molecule has 1 heterocycles. The zero-order valence-electron chi connectivity index (χ0n) is 11.4. The van der Waals surface area contributed by atoms with Crippen molar-refractivity contribution in [1.29, 1.82) is 0 Å². The second kappa shape index (κ2) is 5.87. The van der Waals surface area contributed by atoms with Gasteiger partial charge >= 0.3 is 5.97 Å². The van der Waals surface area contributed by atoms with Gasteiger partial charge in [0.05, 0.1) is 10.5 Å². The van der Waals surface area contributed by atoms with Gasteiger partial charge in [0, 0.05) is 16.8 Å². The van der Waals surface area contributed by atoms with Crippen LogP contribution in [0.25, 0.3) is 0 Å². The Balaban J connectivity index is 2.28. The summed E-state index contributed by atoms with van der Waals surface area (Å²) in [5, 5.41) is 9.58. The van der Waals surface area contributed by atoms with Crippen molar-refractivity contribution in [3.05, 3.63) is 47.7 Å². The normalized spacial score (nSPS) is 11.3. The topological polar surface area (TPSA) is 84.3 Å². The van der Waals surface area contributed by atoms with E-state index in [2.05, 4.69) is 4.98 Å². The van der Waals surface area contributed by atoms with Crippen LogP contribution >= 0.6 is 11.8 Å². The van der Waals surface area contributed by atoms with E-state index in [1.165, 1.54) is 36.0 Å². The molecule has 5 nitrogen and oxygen atoms in total. The first kappa shape index (κ1) is 15.5. The Labute approximate surface area is 127 Å². The summed E-state index contributed by atoms with van der Waals surface area (Å²) in [6, 6.07) is 9.37. The molecule has 2 aromatic rings. The molecule has 0 unspecified atom stereocenters. The number of benzene rings is 1. The van der Waals surface area contributed by atoms with Crippen LogP contribution in [0, 0.1) is 6.92 Å². The van der Waals surface area contributed by atoms with Gasteiger partial charge in [-0.2, -0.15) is 0 Å². The van der Waals surface area contributed by atoms with Gasteiger partial charge in [0.15, 0.2) is 9.84 Å². The van der Waals surface area contributed by atoms with Crippen molar-refractivity contribution in [2.45, 2.75) is 21.7 Å². The van der Waals surface area contributed by atoms with E-state index in [1.807, 2.05) is 0 Å². The van der Waals surface area contributed by atoms with Crippen LogP contribution in [0.2, 0.25) is 0 Å². The van der Waals surface area contributed by atoms with Crippen molar-refractivity contribution in [2.75, 3.05) is 6.26 Å². The molecule has 0 spiro atoms. The molecule has 1 aromatic carbocycles. The summed E-state index contributed by atoms with van der Waals surface area (Å²) in [5.41, 5.74) is 0.794. The van der Waals surface area contributed by atoms with Crippen molar-refractivity contribution in [3.8, 4) is 0 Å². The number of rotatable bonds is 4. The zero-order chi connectivity index (χ0) is 15.6. The van der Waals surface area contributed by atoms with E-state index in [0.29, 0.717) is 10.7 Å². The molecule has 0 saturated carbocycles. The van der Waals surface area contributed by atoms with E-state index in [1.54, 1.807) is 19.1 Å². The van der Waals surface area contributed by atoms with Crippen LogP contribution in [0.15, 0.2) is 51.2 Å². The third-order valence-electron chi connectivity index (χ3n) is 2.65. The minimum absolute atomic E-state index is 0.178. The lowest BCUT2D eigenvalue weighted by Crippen LogP contribution is -1.99. The fraction of sp³-hybridized carbons (Fsp3) is 0.143. The summed E-state index contributed by atoms with van der Waals surface area (Å²) in [6.45, 7) is 1.73. The second-order valence-corrected chi connectivity index (χ2v) is 7.60. The third-order valence-corrected chi connectivity index (χ3v) is 4.71. The number of nitrogens with zero attached hydrogens (tertiary/aromatic N) is 1. The summed E-state index contributed by atoms with van der Waals surface area (Å²) in [7, 11) is -3.22. The molecule has 1 aromatic heterocycles. The van der Waals surface area contributed by atoms with Crippen molar-refractivity contribution in [2.24, 2.45) is 0 Å². The van der Waals surface area contributed by atoms with Gasteiger partial charge in [-0.1, -0.05) is 11.8 Å². The average Bonchev–Trinajstić information content (AvgIpc) is 2.37. The van der Waals surface area contributed by atoms with Crippen LogP contribution in [0.3, 0.4) is 0 Å². The molecule has 0 saturated heterocycles. The van der Waals surface area contributed by atoms with Crippen LogP contribution in [0.4, 0.5) is 0 Å². The number of pyridine rings is 1. The molecule has 0 fully saturated rings. The first-order valence-corrected chi connectivity index (χ1v) is 8.66. The van der Waals surface area contributed by atoms with Crippen LogP contribution in [0.5, 0.6) is 0 Å². The lowest BCUT2D eigenvalue weighted by atomic mass is 10.2. The summed E-state index contributed by atoms with van der Waals surface area (Å²) >= 11 is 1.28. The quantitative estimate of drug-likeness (QED) is 0.931. The van der Waals surface area contributed by atoms with Crippen molar-refractivity contribution in [3.63, 3.8) is 0 Å². The van der Waals surface area contributed by atoms with E-state index < -0.39 is 15.8 Å². The van der Waals surface area contributed by atoms with Gasteiger partial charge in [-0.15, -0.1) is 0 Å². The monoisotopic (exact) mass is 323 g/mol. The van der Waals surface area contributed by atoms with Gasteiger partial charge in [-0.25, -0.2) is 18.2 Å². The number of aromatic nitrogens is 1. The molecular weight excluding hydrogens is 310 g/mol. The Morgan fingerprint density at radius 3 is 2.33 bits per heavy atom. The average molecular weight is 323 g/mol. The highest BCUT2D eigenvalue weighted by atomic mass is 32.2. The van der Waals surface area contributed by atoms with Gasteiger partial charge < -0.3 is 5.11 Å². The van der Waals surface area contributed by atoms with E-state index in [0.717, 1.165) is 11.2 Å². The standard InChI is InChI=1S/C14H13NO4S2/c1-9-7-10(14(16)17)8-13(15-9)20-11-3-5-12(6-4-11)21(2,18)19/h3-8H,1-2H3,(H,16,17). The Hall–Kier alpha value is -1.86. The fourth-order valence-electron chi connectivity index (χ4n) is 1.69. The number of aromatic carboxylic acids is 1. The van der Waals surface area contributed by atoms with E-state index in [-0.39, 0.29) is 10.5 Å². The molecule has 0 aliphatic rings. The molecular formula is C14H13NO4S2. The summed E-state index contributed by atoms with van der Waals surface area (Å²) in [5.74, 6) is -1.00. The largest absolute Gasteiger partial charge is 0.478 e. The maximum atomic E-state index is 11.4. The number of aryl methyl sites for hydroxylation is 1. The molecule has 7 heteroatoms. The number of carboxylic acids is 1. The number of hydrogen-bond acceptors (Lipinski definition) is 5. The number of carboxylic acid groups (broad SMARTS) is 1. The molecule has 2 rings (SSSR count). The minimum atomic E-state index is -3.22. The van der Waals surface area contributed by atoms with E-state index >= 15 is 0 Å². The number of carbonyl (C=O) groups is 1. The highest BCUT2D eigenvalue weighted by molar-refractivity contribution is 7.99. The highest BCUT2D eigenvalue weighted by Crippen LogP contribution is 2.28. The molecule has 21 heavy (non-hydrogen) atoms. The van der Waals surface area contributed by atoms with Crippen LogP contribution in [-0.2, 0) is 9.84 Å².